The van der Waals surface area contributed by atoms with E-state index in [2.05, 4.69) is 4.72 Å². The van der Waals surface area contributed by atoms with E-state index >= 15 is 0 Å². The molecule has 0 saturated carbocycles. The van der Waals surface area contributed by atoms with Crippen LogP contribution in [0.25, 0.3) is 0 Å². The molecule has 0 aliphatic carbocycles. The van der Waals surface area contributed by atoms with Crippen LogP contribution in [0.1, 0.15) is 39.0 Å². The van der Waals surface area contributed by atoms with Crippen molar-refractivity contribution in [3.8, 4) is 11.5 Å². The second kappa shape index (κ2) is 9.15. The number of sulfonamides is 1. The number of thiophene rings is 1. The summed E-state index contributed by atoms with van der Waals surface area (Å²) in [6, 6.07) is 9.50. The molecule has 1 unspecified atom stereocenters. The lowest BCUT2D eigenvalue weighted by Crippen LogP contribution is -2.30. The zero-order valence-corrected chi connectivity index (χ0v) is 18.4. The van der Waals surface area contributed by atoms with Crippen molar-refractivity contribution in [1.82, 2.24) is 9.62 Å². The Morgan fingerprint density at radius 2 is 1.97 bits per heavy atom. The highest BCUT2D eigenvalue weighted by Gasteiger charge is 2.31. The van der Waals surface area contributed by atoms with Gasteiger partial charge in [0.2, 0.25) is 10.0 Å². The maximum Gasteiger partial charge on any atom is 0.264 e. The predicted molar refractivity (Wildman–Crippen MR) is 113 cm³/mol. The summed E-state index contributed by atoms with van der Waals surface area (Å²) in [6.07, 6.45) is 3.54. The lowest BCUT2D eigenvalue weighted by molar-refractivity contribution is 0.0740. The van der Waals surface area contributed by atoms with Gasteiger partial charge >= 0.3 is 0 Å². The molecule has 1 amide bonds. The van der Waals surface area contributed by atoms with Crippen molar-refractivity contribution in [2.75, 3.05) is 33.6 Å². The highest BCUT2D eigenvalue weighted by molar-refractivity contribution is 7.88. The van der Waals surface area contributed by atoms with Gasteiger partial charge in [-0.2, -0.15) is 0 Å². The number of rotatable bonds is 8. The van der Waals surface area contributed by atoms with Gasteiger partial charge in [0.25, 0.3) is 5.91 Å². The van der Waals surface area contributed by atoms with Gasteiger partial charge in [0.15, 0.2) is 11.5 Å². The minimum atomic E-state index is -3.21. The monoisotopic (exact) mass is 438 g/mol. The zero-order valence-electron chi connectivity index (χ0n) is 16.8. The minimum absolute atomic E-state index is 0.000225. The Bertz CT molecular complexity index is 971. The van der Waals surface area contributed by atoms with Gasteiger partial charge in [-0.25, -0.2) is 13.1 Å². The van der Waals surface area contributed by atoms with Gasteiger partial charge in [0.1, 0.15) is 0 Å². The first-order valence-corrected chi connectivity index (χ1v) is 12.1. The molecular weight excluding hydrogens is 412 g/mol. The number of ether oxygens (including phenoxy) is 2. The number of carbonyl (C=O) groups is 1. The smallest absolute Gasteiger partial charge is 0.264 e. The van der Waals surface area contributed by atoms with Gasteiger partial charge < -0.3 is 14.4 Å². The maximum atomic E-state index is 13.1. The van der Waals surface area contributed by atoms with Crippen LogP contribution >= 0.6 is 11.3 Å². The third-order valence-electron chi connectivity index (χ3n) is 4.91. The van der Waals surface area contributed by atoms with E-state index in [0.717, 1.165) is 29.5 Å². The fraction of sp³-hybridized carbons (Fsp3) is 0.450. The number of methoxy groups -OCH3 is 2. The molecular formula is C20H26N2O5S2. The third kappa shape index (κ3) is 5.29. The Labute approximate surface area is 175 Å². The molecule has 29 heavy (non-hydrogen) atoms. The van der Waals surface area contributed by atoms with Crippen LogP contribution in [0.15, 0.2) is 30.3 Å². The van der Waals surface area contributed by atoms with Crippen molar-refractivity contribution >= 4 is 27.3 Å². The highest BCUT2D eigenvalue weighted by Crippen LogP contribution is 2.38. The molecule has 1 aromatic heterocycles. The van der Waals surface area contributed by atoms with Crippen LogP contribution in [-0.4, -0.2) is 52.8 Å². The third-order valence-corrected chi connectivity index (χ3v) is 6.78. The molecule has 0 radical (unpaired) electrons. The summed E-state index contributed by atoms with van der Waals surface area (Å²) in [5, 5.41) is 0. The van der Waals surface area contributed by atoms with E-state index in [1.807, 2.05) is 35.2 Å². The molecule has 158 valence electrons. The molecule has 0 spiro atoms. The number of hydrogen-bond acceptors (Lipinski definition) is 6. The predicted octanol–water partition coefficient (Wildman–Crippen LogP) is 2.83. The molecule has 1 aromatic carbocycles. The first kappa shape index (κ1) is 21.6. The lowest BCUT2D eigenvalue weighted by atomic mass is 10.0. The maximum absolute atomic E-state index is 13.1. The second-order valence-corrected chi connectivity index (χ2v) is 9.95. The number of benzene rings is 1. The van der Waals surface area contributed by atoms with Gasteiger partial charge in [-0.3, -0.25) is 4.79 Å². The minimum Gasteiger partial charge on any atom is -0.493 e. The Morgan fingerprint density at radius 1 is 1.21 bits per heavy atom. The van der Waals surface area contributed by atoms with Gasteiger partial charge in [-0.1, -0.05) is 6.07 Å². The van der Waals surface area contributed by atoms with Crippen LogP contribution in [0, 0.1) is 0 Å². The van der Waals surface area contributed by atoms with Crippen molar-refractivity contribution in [3.63, 3.8) is 0 Å². The molecule has 2 aromatic rings. The Kier molecular flexibility index (Phi) is 6.81. The molecule has 0 bridgehead atoms. The first-order valence-electron chi connectivity index (χ1n) is 9.38. The fourth-order valence-corrected chi connectivity index (χ4v) is 4.98. The van der Waals surface area contributed by atoms with Gasteiger partial charge in [0, 0.05) is 18.0 Å². The largest absolute Gasteiger partial charge is 0.493 e. The summed E-state index contributed by atoms with van der Waals surface area (Å²) in [5.41, 5.74) is 1.03. The van der Waals surface area contributed by atoms with Crippen LogP contribution in [0.3, 0.4) is 0 Å². The number of carbonyl (C=O) groups excluding carboxylic acids is 1. The van der Waals surface area contributed by atoms with Gasteiger partial charge in [0.05, 0.1) is 31.4 Å². The topological polar surface area (TPSA) is 84.9 Å². The molecule has 1 fully saturated rings. The number of nitrogens with one attached hydrogen (secondary N) is 1. The molecule has 1 aliphatic heterocycles. The number of likely N-dealkylation sites (tertiary alicyclic amines) is 1. The zero-order chi connectivity index (χ0) is 21.0. The van der Waals surface area contributed by atoms with E-state index in [1.54, 1.807) is 14.2 Å². The molecule has 2 heterocycles. The summed E-state index contributed by atoms with van der Waals surface area (Å²) in [4.78, 5) is 16.7. The first-order chi connectivity index (χ1) is 13.8. The van der Waals surface area contributed by atoms with E-state index < -0.39 is 10.0 Å². The van der Waals surface area contributed by atoms with Crippen LogP contribution in [0.4, 0.5) is 0 Å². The SMILES string of the molecule is COc1ccc(C2CCCN2C(=O)c2ccc(CCNS(C)(=O)=O)s2)cc1OC. The van der Waals surface area contributed by atoms with Crippen molar-refractivity contribution in [2.24, 2.45) is 0 Å². The van der Waals surface area contributed by atoms with Crippen LogP contribution in [-0.2, 0) is 16.4 Å². The van der Waals surface area contributed by atoms with Crippen LogP contribution in [0.2, 0.25) is 0 Å². The van der Waals surface area contributed by atoms with E-state index in [4.69, 9.17) is 9.47 Å². The number of hydrogen-bond donors (Lipinski definition) is 1. The number of amides is 1. The van der Waals surface area contributed by atoms with E-state index in [9.17, 15) is 13.2 Å². The molecule has 1 atom stereocenters. The molecule has 1 saturated heterocycles. The summed E-state index contributed by atoms with van der Waals surface area (Å²) in [6.45, 7) is 1.03. The summed E-state index contributed by atoms with van der Waals surface area (Å²) in [7, 11) is -0.00322. The highest BCUT2D eigenvalue weighted by atomic mass is 32.2. The van der Waals surface area contributed by atoms with Crippen LogP contribution in [0.5, 0.6) is 11.5 Å². The van der Waals surface area contributed by atoms with Crippen molar-refractivity contribution in [1.29, 1.82) is 0 Å². The van der Waals surface area contributed by atoms with E-state index in [1.165, 1.54) is 11.3 Å². The summed E-state index contributed by atoms with van der Waals surface area (Å²) in [5.74, 6) is 1.33. The molecule has 9 heteroatoms. The lowest BCUT2D eigenvalue weighted by Gasteiger charge is -2.25. The molecule has 3 rings (SSSR count). The fourth-order valence-electron chi connectivity index (χ4n) is 3.54. The quantitative estimate of drug-likeness (QED) is 0.685. The van der Waals surface area contributed by atoms with Crippen molar-refractivity contribution in [3.05, 3.63) is 45.6 Å². The Hall–Kier alpha value is -2.10. The Morgan fingerprint density at radius 3 is 2.66 bits per heavy atom. The van der Waals surface area contributed by atoms with Gasteiger partial charge in [-0.15, -0.1) is 11.3 Å². The van der Waals surface area contributed by atoms with Gasteiger partial charge in [-0.05, 0) is 49.1 Å². The average molecular weight is 439 g/mol. The average Bonchev–Trinajstić information content (AvgIpc) is 3.35. The second-order valence-electron chi connectivity index (χ2n) is 6.95. The molecule has 1 N–H and O–H groups in total. The van der Waals surface area contributed by atoms with E-state index in [0.29, 0.717) is 35.9 Å². The van der Waals surface area contributed by atoms with Crippen molar-refractivity contribution in [2.45, 2.75) is 25.3 Å². The molecule has 1 aliphatic rings. The summed E-state index contributed by atoms with van der Waals surface area (Å²) < 4.78 is 35.5. The molecule has 7 nitrogen and oxygen atoms in total. The number of nitrogens with zero attached hydrogens (tertiary/aromatic N) is 1. The van der Waals surface area contributed by atoms with Crippen LogP contribution < -0.4 is 14.2 Å². The normalized spacial score (nSPS) is 16.8. The summed E-state index contributed by atoms with van der Waals surface area (Å²) >= 11 is 1.42. The standard InChI is InChI=1S/C20H26N2O5S2/c1-26-17-8-6-14(13-18(17)27-2)16-5-4-12-22(16)20(23)19-9-7-15(28-19)10-11-21-29(3,24)25/h6-9,13,16,21H,4-5,10-12H2,1-3H3. The van der Waals surface area contributed by atoms with Crippen molar-refractivity contribution < 1.29 is 22.7 Å². The van der Waals surface area contributed by atoms with E-state index in [-0.39, 0.29) is 11.9 Å². The Balaban J connectivity index is 1.72.